The number of imide groups is 1. The minimum atomic E-state index is -0.494. The van der Waals surface area contributed by atoms with Gasteiger partial charge in [0.25, 0.3) is 11.1 Å². The van der Waals surface area contributed by atoms with Crippen LogP contribution in [0.15, 0.2) is 65.6 Å². The summed E-state index contributed by atoms with van der Waals surface area (Å²) in [6.45, 7) is 4.14. The lowest BCUT2D eigenvalue weighted by Gasteiger charge is -2.13. The van der Waals surface area contributed by atoms with Gasteiger partial charge < -0.3 is 9.47 Å². The van der Waals surface area contributed by atoms with Gasteiger partial charge in [-0.05, 0) is 89.7 Å². The molecule has 1 aliphatic heterocycles. The number of thioether (sulfide) groups is 1. The summed E-state index contributed by atoms with van der Waals surface area (Å²) < 4.78 is 11.7. The van der Waals surface area contributed by atoms with Crippen LogP contribution in [0.2, 0.25) is 0 Å². The average molecular weight is 599 g/mol. The largest absolute Gasteiger partial charge is 0.493 e. The first-order chi connectivity index (χ1) is 16.7. The monoisotopic (exact) mass is 599 g/mol. The Kier molecular flexibility index (Phi) is 7.61. The third kappa shape index (κ3) is 5.76. The molecule has 0 aliphatic carbocycles. The van der Waals surface area contributed by atoms with Gasteiger partial charge in [0, 0.05) is 0 Å². The predicted molar refractivity (Wildman–Crippen MR) is 145 cm³/mol. The zero-order chi connectivity index (χ0) is 25.1. The average Bonchev–Trinajstić information content (AvgIpc) is 3.09. The second-order valence-electron chi connectivity index (χ2n) is 8.04. The smallest absolute Gasteiger partial charge is 0.343 e. The second-order valence-corrected chi connectivity index (χ2v) is 10.2. The Hall–Kier alpha value is -3.11. The summed E-state index contributed by atoms with van der Waals surface area (Å²) in [5, 5.41) is -0.313. The molecule has 0 radical (unpaired) electrons. The predicted octanol–water partition coefficient (Wildman–Crippen LogP) is 6.37. The number of hydrogen-bond acceptors (Lipinski definition) is 6. The number of nitrogens with zero attached hydrogens (tertiary/aromatic N) is 1. The molecular weight excluding hydrogens is 577 g/mol. The van der Waals surface area contributed by atoms with Gasteiger partial charge in [-0.3, -0.25) is 14.5 Å². The van der Waals surface area contributed by atoms with E-state index in [1.54, 1.807) is 30.3 Å². The molecule has 8 heteroatoms. The highest BCUT2D eigenvalue weighted by Gasteiger charge is 2.35. The number of ether oxygens (including phenoxy) is 2. The molecule has 6 nitrogen and oxygen atoms in total. The molecule has 0 aromatic heterocycles. The van der Waals surface area contributed by atoms with Crippen molar-refractivity contribution in [3.63, 3.8) is 0 Å². The van der Waals surface area contributed by atoms with Crippen molar-refractivity contribution in [2.24, 2.45) is 0 Å². The van der Waals surface area contributed by atoms with Crippen molar-refractivity contribution >= 4 is 57.5 Å². The fourth-order valence-corrected chi connectivity index (χ4v) is 5.00. The molecule has 2 amide bonds. The summed E-state index contributed by atoms with van der Waals surface area (Å²) in [4.78, 5) is 39.6. The number of methoxy groups -OCH3 is 1. The molecule has 4 rings (SSSR count). The van der Waals surface area contributed by atoms with E-state index in [-0.39, 0.29) is 17.7 Å². The summed E-state index contributed by atoms with van der Waals surface area (Å²) in [6, 6.07) is 18.3. The van der Waals surface area contributed by atoms with Crippen molar-refractivity contribution in [2.45, 2.75) is 20.4 Å². The highest BCUT2D eigenvalue weighted by atomic mass is 127. The molecule has 1 heterocycles. The normalized spacial score (nSPS) is 14.5. The van der Waals surface area contributed by atoms with Gasteiger partial charge in [0.05, 0.1) is 27.7 Å². The third-order valence-electron chi connectivity index (χ3n) is 5.37. The second kappa shape index (κ2) is 10.7. The van der Waals surface area contributed by atoms with Crippen molar-refractivity contribution in [3.8, 4) is 11.5 Å². The van der Waals surface area contributed by atoms with Gasteiger partial charge in [-0.15, -0.1) is 0 Å². The van der Waals surface area contributed by atoms with Crippen molar-refractivity contribution in [3.05, 3.63) is 97.0 Å². The van der Waals surface area contributed by atoms with Crippen molar-refractivity contribution in [1.29, 1.82) is 0 Å². The molecule has 1 fully saturated rings. The number of hydrogen-bond donors (Lipinski definition) is 0. The lowest BCUT2D eigenvalue weighted by Crippen LogP contribution is -2.27. The van der Waals surface area contributed by atoms with Crippen molar-refractivity contribution < 1.29 is 23.9 Å². The maximum atomic E-state index is 12.9. The third-order valence-corrected chi connectivity index (χ3v) is 7.08. The van der Waals surface area contributed by atoms with Gasteiger partial charge in [0.2, 0.25) is 0 Å². The zero-order valence-electron chi connectivity index (χ0n) is 19.3. The SMILES string of the molecule is COc1cc(/C=C2\SC(=O)N(Cc3ccc(C)cc3)C2=O)cc(I)c1OC(=O)c1ccc(C)cc1. The first-order valence-electron chi connectivity index (χ1n) is 10.7. The number of halogens is 1. The maximum Gasteiger partial charge on any atom is 0.343 e. The van der Waals surface area contributed by atoms with Crippen LogP contribution in [0.1, 0.15) is 32.6 Å². The van der Waals surface area contributed by atoms with Gasteiger partial charge in [-0.1, -0.05) is 47.5 Å². The standard InChI is InChI=1S/C27H22INO5S/c1-16-4-8-18(9-5-16)15-29-25(30)23(35-27(29)32)14-19-12-21(28)24(22(13-19)33-3)34-26(31)20-10-6-17(2)7-11-20/h4-14H,15H2,1-3H3/b23-14-. The van der Waals surface area contributed by atoms with E-state index in [0.717, 1.165) is 28.5 Å². The maximum absolute atomic E-state index is 12.9. The van der Waals surface area contributed by atoms with Crippen LogP contribution in [-0.4, -0.2) is 29.1 Å². The van der Waals surface area contributed by atoms with Gasteiger partial charge in [-0.25, -0.2) is 4.79 Å². The summed E-state index contributed by atoms with van der Waals surface area (Å²) in [5.74, 6) is -0.193. The fraction of sp³-hybridized carbons (Fsp3) is 0.148. The Balaban J connectivity index is 1.55. The molecule has 3 aromatic carbocycles. The Labute approximate surface area is 221 Å². The lowest BCUT2D eigenvalue weighted by molar-refractivity contribution is -0.123. The molecule has 0 N–H and O–H groups in total. The summed E-state index contributed by atoms with van der Waals surface area (Å²) in [6.07, 6.45) is 1.65. The van der Waals surface area contributed by atoms with Crippen LogP contribution in [-0.2, 0) is 11.3 Å². The Morgan fingerprint density at radius 2 is 1.63 bits per heavy atom. The first kappa shape index (κ1) is 25.0. The minimum Gasteiger partial charge on any atom is -0.493 e. The van der Waals surface area contributed by atoms with Crippen LogP contribution in [0.25, 0.3) is 6.08 Å². The molecule has 0 spiro atoms. The molecule has 0 unspecified atom stereocenters. The minimum absolute atomic E-state index is 0.219. The number of esters is 1. The number of carbonyl (C=O) groups excluding carboxylic acids is 3. The van der Waals surface area contributed by atoms with E-state index in [1.807, 2.05) is 50.2 Å². The van der Waals surface area contributed by atoms with E-state index in [0.29, 0.717) is 31.1 Å². The van der Waals surface area contributed by atoms with Gasteiger partial charge in [0.1, 0.15) is 0 Å². The van der Waals surface area contributed by atoms with E-state index in [4.69, 9.17) is 9.47 Å². The molecular formula is C27H22INO5S. The van der Waals surface area contributed by atoms with Gasteiger partial charge in [0.15, 0.2) is 11.5 Å². The van der Waals surface area contributed by atoms with Gasteiger partial charge in [-0.2, -0.15) is 0 Å². The molecule has 0 saturated carbocycles. The van der Waals surface area contributed by atoms with Crippen LogP contribution >= 0.6 is 34.4 Å². The Morgan fingerprint density at radius 1 is 1.00 bits per heavy atom. The number of benzene rings is 3. The summed E-state index contributed by atoms with van der Waals surface area (Å²) in [7, 11) is 1.48. The number of amides is 2. The molecule has 0 atom stereocenters. The van der Waals surface area contributed by atoms with Crippen molar-refractivity contribution in [2.75, 3.05) is 7.11 Å². The van der Waals surface area contributed by atoms with E-state index >= 15 is 0 Å². The summed E-state index contributed by atoms with van der Waals surface area (Å²) in [5.41, 5.74) is 4.12. The molecule has 35 heavy (non-hydrogen) atoms. The number of aryl methyl sites for hydroxylation is 2. The Bertz CT molecular complexity index is 1330. The van der Waals surface area contributed by atoms with E-state index < -0.39 is 5.97 Å². The molecule has 1 saturated heterocycles. The zero-order valence-corrected chi connectivity index (χ0v) is 22.3. The molecule has 0 bridgehead atoms. The highest BCUT2D eigenvalue weighted by molar-refractivity contribution is 14.1. The van der Waals surface area contributed by atoms with Crippen LogP contribution in [0.3, 0.4) is 0 Å². The fourth-order valence-electron chi connectivity index (χ4n) is 3.43. The van der Waals surface area contributed by atoms with Crippen molar-refractivity contribution in [1.82, 2.24) is 4.90 Å². The quantitative estimate of drug-likeness (QED) is 0.142. The first-order valence-corrected chi connectivity index (χ1v) is 12.6. The lowest BCUT2D eigenvalue weighted by atomic mass is 10.1. The Morgan fingerprint density at radius 3 is 2.26 bits per heavy atom. The highest BCUT2D eigenvalue weighted by Crippen LogP contribution is 2.38. The number of carbonyl (C=O) groups is 3. The van der Waals surface area contributed by atoms with Crippen LogP contribution in [0, 0.1) is 17.4 Å². The van der Waals surface area contributed by atoms with Crippen LogP contribution < -0.4 is 9.47 Å². The van der Waals surface area contributed by atoms with E-state index in [2.05, 4.69) is 22.6 Å². The topological polar surface area (TPSA) is 72.9 Å². The molecule has 1 aliphatic rings. The molecule has 178 valence electrons. The summed E-state index contributed by atoms with van der Waals surface area (Å²) >= 11 is 2.96. The van der Waals surface area contributed by atoms with E-state index in [1.165, 1.54) is 12.0 Å². The van der Waals surface area contributed by atoms with Crippen LogP contribution in [0.4, 0.5) is 4.79 Å². The number of rotatable bonds is 6. The van der Waals surface area contributed by atoms with E-state index in [9.17, 15) is 14.4 Å². The van der Waals surface area contributed by atoms with Gasteiger partial charge >= 0.3 is 5.97 Å². The molecule has 3 aromatic rings. The van der Waals surface area contributed by atoms with Crippen LogP contribution in [0.5, 0.6) is 11.5 Å².